The SMILES string of the molecule is CCc1nn(C)c(CC(=O)C(N)CC)c1Cl. The van der Waals surface area contributed by atoms with E-state index in [0.29, 0.717) is 11.4 Å². The highest BCUT2D eigenvalue weighted by atomic mass is 35.5. The van der Waals surface area contributed by atoms with Gasteiger partial charge in [0.25, 0.3) is 0 Å². The monoisotopic (exact) mass is 243 g/mol. The molecule has 0 saturated heterocycles. The van der Waals surface area contributed by atoms with Crippen LogP contribution in [0.15, 0.2) is 0 Å². The van der Waals surface area contributed by atoms with E-state index in [-0.39, 0.29) is 12.2 Å². The zero-order valence-corrected chi connectivity index (χ0v) is 10.7. The summed E-state index contributed by atoms with van der Waals surface area (Å²) in [7, 11) is 1.80. The number of hydrogen-bond acceptors (Lipinski definition) is 3. The summed E-state index contributed by atoms with van der Waals surface area (Å²) in [5.41, 5.74) is 7.27. The normalized spacial score (nSPS) is 12.8. The van der Waals surface area contributed by atoms with E-state index in [2.05, 4.69) is 5.10 Å². The molecule has 5 heteroatoms. The second-order valence-corrected chi connectivity index (χ2v) is 4.22. The lowest BCUT2D eigenvalue weighted by Crippen LogP contribution is -2.31. The third-order valence-electron chi connectivity index (χ3n) is 2.70. The maximum Gasteiger partial charge on any atom is 0.155 e. The standard InChI is InChI=1S/C11H18ClN3O/c1-4-7(13)10(16)6-9-11(12)8(5-2)14-15(9)3/h7H,4-6,13H2,1-3H3. The van der Waals surface area contributed by atoms with Gasteiger partial charge in [-0.3, -0.25) is 9.48 Å². The molecule has 4 nitrogen and oxygen atoms in total. The quantitative estimate of drug-likeness (QED) is 0.852. The Morgan fingerprint density at radius 1 is 1.56 bits per heavy atom. The largest absolute Gasteiger partial charge is 0.322 e. The maximum atomic E-state index is 11.7. The van der Waals surface area contributed by atoms with Crippen molar-refractivity contribution in [1.29, 1.82) is 0 Å². The van der Waals surface area contributed by atoms with Crippen molar-refractivity contribution >= 4 is 17.4 Å². The number of hydrogen-bond donors (Lipinski definition) is 1. The second kappa shape index (κ2) is 5.46. The Balaban J connectivity index is 2.89. The molecule has 1 rings (SSSR count). The minimum absolute atomic E-state index is 0.00931. The van der Waals surface area contributed by atoms with Crippen LogP contribution in [0.1, 0.15) is 31.7 Å². The summed E-state index contributed by atoms with van der Waals surface area (Å²) in [5.74, 6) is 0.00931. The van der Waals surface area contributed by atoms with Crippen LogP contribution in [-0.2, 0) is 24.7 Å². The minimum atomic E-state index is -0.406. The van der Waals surface area contributed by atoms with E-state index < -0.39 is 6.04 Å². The Morgan fingerprint density at radius 3 is 2.62 bits per heavy atom. The average molecular weight is 244 g/mol. The molecule has 0 spiro atoms. The van der Waals surface area contributed by atoms with E-state index in [0.717, 1.165) is 17.8 Å². The van der Waals surface area contributed by atoms with Gasteiger partial charge >= 0.3 is 0 Å². The van der Waals surface area contributed by atoms with E-state index in [1.165, 1.54) is 0 Å². The highest BCUT2D eigenvalue weighted by molar-refractivity contribution is 6.32. The zero-order chi connectivity index (χ0) is 12.3. The van der Waals surface area contributed by atoms with E-state index in [1.54, 1.807) is 11.7 Å². The number of Topliss-reactive ketones (excluding diaryl/α,β-unsaturated/α-hetero) is 1. The fourth-order valence-electron chi connectivity index (χ4n) is 1.54. The Bertz CT molecular complexity index is 387. The van der Waals surface area contributed by atoms with E-state index >= 15 is 0 Å². The molecule has 1 heterocycles. The molecule has 2 N–H and O–H groups in total. The predicted molar refractivity (Wildman–Crippen MR) is 64.6 cm³/mol. The number of aromatic nitrogens is 2. The fraction of sp³-hybridized carbons (Fsp3) is 0.636. The van der Waals surface area contributed by atoms with Crippen LogP contribution in [0.3, 0.4) is 0 Å². The Labute approximate surface area is 101 Å². The van der Waals surface area contributed by atoms with Crippen molar-refractivity contribution in [2.24, 2.45) is 12.8 Å². The van der Waals surface area contributed by atoms with Crippen molar-refractivity contribution in [3.05, 3.63) is 16.4 Å². The first kappa shape index (κ1) is 13.2. The van der Waals surface area contributed by atoms with Crippen molar-refractivity contribution in [1.82, 2.24) is 9.78 Å². The number of nitrogens with two attached hydrogens (primary N) is 1. The van der Waals surface area contributed by atoms with Gasteiger partial charge in [0, 0.05) is 7.05 Å². The molecule has 0 amide bonds. The van der Waals surface area contributed by atoms with Crippen molar-refractivity contribution in [3.63, 3.8) is 0 Å². The summed E-state index contributed by atoms with van der Waals surface area (Å²) in [5, 5.41) is 4.86. The van der Waals surface area contributed by atoms with Crippen LogP contribution >= 0.6 is 11.6 Å². The lowest BCUT2D eigenvalue weighted by Gasteiger charge is -2.07. The highest BCUT2D eigenvalue weighted by Crippen LogP contribution is 2.21. The third-order valence-corrected chi connectivity index (χ3v) is 3.13. The van der Waals surface area contributed by atoms with Crippen LogP contribution in [-0.4, -0.2) is 21.6 Å². The maximum absolute atomic E-state index is 11.7. The first-order valence-corrected chi connectivity index (χ1v) is 5.87. The van der Waals surface area contributed by atoms with Gasteiger partial charge in [0.05, 0.1) is 28.9 Å². The van der Waals surface area contributed by atoms with Crippen LogP contribution in [0, 0.1) is 0 Å². The van der Waals surface area contributed by atoms with Crippen molar-refractivity contribution in [2.45, 2.75) is 39.2 Å². The third kappa shape index (κ3) is 2.62. The minimum Gasteiger partial charge on any atom is -0.322 e. The summed E-state index contributed by atoms with van der Waals surface area (Å²) in [6.07, 6.45) is 1.67. The molecule has 0 aromatic carbocycles. The molecule has 0 aliphatic heterocycles. The number of carbonyl (C=O) groups is 1. The summed E-state index contributed by atoms with van der Waals surface area (Å²) in [6, 6.07) is -0.406. The van der Waals surface area contributed by atoms with Crippen LogP contribution in [0.2, 0.25) is 5.02 Å². The molecule has 0 bridgehead atoms. The first-order chi connectivity index (χ1) is 7.51. The average Bonchev–Trinajstić information content (AvgIpc) is 2.55. The number of nitrogens with zero attached hydrogens (tertiary/aromatic N) is 2. The Kier molecular flexibility index (Phi) is 4.50. The number of halogens is 1. The Morgan fingerprint density at radius 2 is 2.19 bits per heavy atom. The molecule has 90 valence electrons. The van der Waals surface area contributed by atoms with Gasteiger partial charge in [-0.2, -0.15) is 5.10 Å². The van der Waals surface area contributed by atoms with Gasteiger partial charge in [0.1, 0.15) is 0 Å². The summed E-state index contributed by atoms with van der Waals surface area (Å²) < 4.78 is 1.67. The lowest BCUT2D eigenvalue weighted by molar-refractivity contribution is -0.119. The van der Waals surface area contributed by atoms with Gasteiger partial charge in [0.2, 0.25) is 0 Å². The molecule has 0 fully saturated rings. The Hall–Kier alpha value is -0.870. The van der Waals surface area contributed by atoms with Gasteiger partial charge in [-0.05, 0) is 12.8 Å². The number of rotatable bonds is 5. The molecule has 1 unspecified atom stereocenters. The van der Waals surface area contributed by atoms with Gasteiger partial charge < -0.3 is 5.73 Å². The molecule has 1 aromatic heterocycles. The topological polar surface area (TPSA) is 60.9 Å². The molecule has 0 saturated carbocycles. The van der Waals surface area contributed by atoms with Crippen molar-refractivity contribution in [2.75, 3.05) is 0 Å². The van der Waals surface area contributed by atoms with Gasteiger partial charge in [-0.15, -0.1) is 0 Å². The van der Waals surface area contributed by atoms with Crippen LogP contribution in [0.5, 0.6) is 0 Å². The van der Waals surface area contributed by atoms with E-state index in [4.69, 9.17) is 17.3 Å². The molecule has 16 heavy (non-hydrogen) atoms. The van der Waals surface area contributed by atoms with Crippen LogP contribution in [0.25, 0.3) is 0 Å². The lowest BCUT2D eigenvalue weighted by atomic mass is 10.1. The number of ketones is 1. The fourth-order valence-corrected chi connectivity index (χ4v) is 1.90. The molecule has 0 aliphatic carbocycles. The zero-order valence-electron chi connectivity index (χ0n) is 9.96. The molecular formula is C11H18ClN3O. The second-order valence-electron chi connectivity index (χ2n) is 3.84. The molecular weight excluding hydrogens is 226 g/mol. The summed E-state index contributed by atoms with van der Waals surface area (Å²) >= 11 is 6.15. The van der Waals surface area contributed by atoms with Crippen molar-refractivity contribution in [3.8, 4) is 0 Å². The molecule has 0 aliphatic rings. The summed E-state index contributed by atoms with van der Waals surface area (Å²) in [4.78, 5) is 11.7. The first-order valence-electron chi connectivity index (χ1n) is 5.49. The predicted octanol–water partition coefficient (Wildman–Crippen LogP) is 1.48. The molecule has 0 radical (unpaired) electrons. The van der Waals surface area contributed by atoms with Crippen LogP contribution in [0.4, 0.5) is 0 Å². The van der Waals surface area contributed by atoms with Gasteiger partial charge in [0.15, 0.2) is 5.78 Å². The van der Waals surface area contributed by atoms with Gasteiger partial charge in [-0.25, -0.2) is 0 Å². The molecule has 1 atom stereocenters. The summed E-state index contributed by atoms with van der Waals surface area (Å²) in [6.45, 7) is 3.88. The number of aryl methyl sites for hydroxylation is 2. The number of carbonyl (C=O) groups excluding carboxylic acids is 1. The van der Waals surface area contributed by atoms with Crippen LogP contribution < -0.4 is 5.73 Å². The van der Waals surface area contributed by atoms with E-state index in [1.807, 2.05) is 13.8 Å². The van der Waals surface area contributed by atoms with E-state index in [9.17, 15) is 4.79 Å². The van der Waals surface area contributed by atoms with Crippen molar-refractivity contribution < 1.29 is 4.79 Å². The highest BCUT2D eigenvalue weighted by Gasteiger charge is 2.18. The molecule has 1 aromatic rings. The van der Waals surface area contributed by atoms with Gasteiger partial charge in [-0.1, -0.05) is 25.4 Å². The smallest absolute Gasteiger partial charge is 0.155 e.